The molecule has 1 N–H and O–H groups in total. The normalized spacial score (nSPS) is 14.7. The molecule has 0 saturated carbocycles. The van der Waals surface area contributed by atoms with E-state index in [0.717, 1.165) is 49.4 Å². The fourth-order valence-electron chi connectivity index (χ4n) is 3.74. The first-order chi connectivity index (χ1) is 15.4. The minimum Gasteiger partial charge on any atom is -0.355 e. The maximum atomic E-state index is 12.9. The quantitative estimate of drug-likeness (QED) is 0.558. The zero-order chi connectivity index (χ0) is 22.6. The molecule has 1 aromatic heterocycles. The molecule has 1 aliphatic rings. The van der Waals surface area contributed by atoms with Gasteiger partial charge in [-0.3, -0.25) is 4.79 Å². The highest BCUT2D eigenvalue weighted by atomic mass is 19.4. The average molecular weight is 440 g/mol. The van der Waals surface area contributed by atoms with Crippen molar-refractivity contribution in [2.75, 3.05) is 23.3 Å². The molecule has 2 aromatic carbocycles. The van der Waals surface area contributed by atoms with Crippen molar-refractivity contribution in [1.82, 2.24) is 10.2 Å². The van der Waals surface area contributed by atoms with Gasteiger partial charge in [0.2, 0.25) is 0 Å². The molecule has 0 atom stereocenters. The van der Waals surface area contributed by atoms with E-state index >= 15 is 0 Å². The maximum absolute atomic E-state index is 12.9. The third-order valence-corrected chi connectivity index (χ3v) is 5.45. The number of aromatic nitrogens is 2. The number of nitrogens with zero attached hydrogens (tertiary/aromatic N) is 3. The van der Waals surface area contributed by atoms with Crippen LogP contribution in [0.2, 0.25) is 0 Å². The molecule has 1 saturated heterocycles. The summed E-state index contributed by atoms with van der Waals surface area (Å²) in [5, 5.41) is 11.4. The molecule has 0 spiro atoms. The molecule has 5 nitrogen and oxygen atoms in total. The van der Waals surface area contributed by atoms with Crippen molar-refractivity contribution >= 4 is 17.4 Å². The van der Waals surface area contributed by atoms with Gasteiger partial charge in [0.05, 0.1) is 11.3 Å². The van der Waals surface area contributed by atoms with Gasteiger partial charge in [-0.05, 0) is 55.3 Å². The Bertz CT molecular complexity index is 1080. The molecular weight excluding hydrogens is 417 g/mol. The van der Waals surface area contributed by atoms with E-state index in [1.165, 1.54) is 25.0 Å². The van der Waals surface area contributed by atoms with Crippen LogP contribution in [0.15, 0.2) is 60.7 Å². The summed E-state index contributed by atoms with van der Waals surface area (Å²) in [5.74, 6) is 0.237. The third kappa shape index (κ3) is 5.25. The number of hydrogen-bond donors (Lipinski definition) is 1. The fraction of sp³-hybridized carbons (Fsp3) is 0.292. The SMILES string of the molecule is O=C(Nc1cccc(-c2ccc(N3CCCCCC3)nn2)c1)c1cccc(C(F)(F)F)c1. The zero-order valence-electron chi connectivity index (χ0n) is 17.4. The monoisotopic (exact) mass is 440 g/mol. The van der Waals surface area contributed by atoms with Crippen LogP contribution in [-0.4, -0.2) is 29.2 Å². The van der Waals surface area contributed by atoms with Gasteiger partial charge in [0.25, 0.3) is 5.91 Å². The Morgan fingerprint density at radius 2 is 1.62 bits per heavy atom. The second-order valence-electron chi connectivity index (χ2n) is 7.79. The number of amides is 1. The average Bonchev–Trinajstić information content (AvgIpc) is 3.09. The number of carbonyl (C=O) groups is 1. The van der Waals surface area contributed by atoms with E-state index in [1.807, 2.05) is 18.2 Å². The first kappa shape index (κ1) is 21.8. The summed E-state index contributed by atoms with van der Waals surface area (Å²) < 4.78 is 38.8. The Labute approximate surface area is 184 Å². The molecule has 1 aliphatic heterocycles. The number of nitrogens with one attached hydrogen (secondary N) is 1. The first-order valence-electron chi connectivity index (χ1n) is 10.6. The van der Waals surface area contributed by atoms with Gasteiger partial charge in [-0.2, -0.15) is 13.2 Å². The summed E-state index contributed by atoms with van der Waals surface area (Å²) in [6.45, 7) is 1.95. The van der Waals surface area contributed by atoms with E-state index in [-0.39, 0.29) is 5.56 Å². The number of halogens is 3. The van der Waals surface area contributed by atoms with E-state index in [4.69, 9.17) is 0 Å². The number of rotatable bonds is 4. The predicted molar refractivity (Wildman–Crippen MR) is 118 cm³/mol. The highest BCUT2D eigenvalue weighted by molar-refractivity contribution is 6.04. The molecule has 4 rings (SSSR count). The fourth-order valence-corrected chi connectivity index (χ4v) is 3.74. The van der Waals surface area contributed by atoms with Gasteiger partial charge >= 0.3 is 6.18 Å². The zero-order valence-corrected chi connectivity index (χ0v) is 17.4. The van der Waals surface area contributed by atoms with Crippen LogP contribution in [0.25, 0.3) is 11.3 Å². The number of alkyl halides is 3. The highest BCUT2D eigenvalue weighted by Crippen LogP contribution is 2.30. The Hall–Kier alpha value is -3.42. The van der Waals surface area contributed by atoms with Gasteiger partial charge in [-0.25, -0.2) is 0 Å². The van der Waals surface area contributed by atoms with Crippen LogP contribution in [-0.2, 0) is 6.18 Å². The van der Waals surface area contributed by atoms with Gasteiger partial charge in [0.1, 0.15) is 0 Å². The van der Waals surface area contributed by atoms with Crippen molar-refractivity contribution in [2.24, 2.45) is 0 Å². The summed E-state index contributed by atoms with van der Waals surface area (Å²) in [6, 6.07) is 15.2. The number of anilines is 2. The lowest BCUT2D eigenvalue weighted by Crippen LogP contribution is -2.25. The largest absolute Gasteiger partial charge is 0.416 e. The van der Waals surface area contributed by atoms with Gasteiger partial charge in [-0.15, -0.1) is 10.2 Å². The van der Waals surface area contributed by atoms with Crippen molar-refractivity contribution in [2.45, 2.75) is 31.9 Å². The first-order valence-corrected chi connectivity index (χ1v) is 10.6. The standard InChI is InChI=1S/C24H23F3N4O/c25-24(26,27)19-9-5-8-18(15-19)23(32)28-20-10-6-7-17(16-20)21-11-12-22(30-29-21)31-13-3-1-2-4-14-31/h5-12,15-16H,1-4,13-14H2,(H,28,32). The Morgan fingerprint density at radius 3 is 2.31 bits per heavy atom. The lowest BCUT2D eigenvalue weighted by molar-refractivity contribution is -0.137. The molecule has 32 heavy (non-hydrogen) atoms. The van der Waals surface area contributed by atoms with Crippen molar-refractivity contribution in [3.8, 4) is 11.3 Å². The summed E-state index contributed by atoms with van der Waals surface area (Å²) in [4.78, 5) is 14.7. The minimum absolute atomic E-state index is 0.0631. The topological polar surface area (TPSA) is 58.1 Å². The molecule has 0 radical (unpaired) electrons. The molecule has 0 unspecified atom stereocenters. The van der Waals surface area contributed by atoms with Crippen molar-refractivity contribution in [3.05, 3.63) is 71.8 Å². The molecular formula is C24H23F3N4O. The van der Waals surface area contributed by atoms with Crippen molar-refractivity contribution < 1.29 is 18.0 Å². The lowest BCUT2D eigenvalue weighted by atomic mass is 10.1. The summed E-state index contributed by atoms with van der Waals surface area (Å²) in [7, 11) is 0. The molecule has 0 aliphatic carbocycles. The molecule has 0 bridgehead atoms. The third-order valence-electron chi connectivity index (χ3n) is 5.45. The van der Waals surface area contributed by atoms with E-state index in [2.05, 4.69) is 20.4 Å². The van der Waals surface area contributed by atoms with Crippen LogP contribution < -0.4 is 10.2 Å². The van der Waals surface area contributed by atoms with E-state index in [1.54, 1.807) is 18.2 Å². The molecule has 166 valence electrons. The lowest BCUT2D eigenvalue weighted by Gasteiger charge is -2.20. The predicted octanol–water partition coefficient (Wildman–Crippen LogP) is 5.80. The molecule has 8 heteroatoms. The van der Waals surface area contributed by atoms with Gasteiger partial charge in [0, 0.05) is 29.9 Å². The van der Waals surface area contributed by atoms with Crippen LogP contribution in [0.4, 0.5) is 24.7 Å². The van der Waals surface area contributed by atoms with Crippen molar-refractivity contribution in [3.63, 3.8) is 0 Å². The van der Waals surface area contributed by atoms with Gasteiger partial charge in [-0.1, -0.05) is 31.0 Å². The second-order valence-corrected chi connectivity index (χ2v) is 7.79. The number of benzene rings is 2. The van der Waals surface area contributed by atoms with Gasteiger partial charge < -0.3 is 10.2 Å². The van der Waals surface area contributed by atoms with Crippen molar-refractivity contribution in [1.29, 1.82) is 0 Å². The molecule has 3 aromatic rings. The van der Waals surface area contributed by atoms with Crippen LogP contribution in [0.5, 0.6) is 0 Å². The summed E-state index contributed by atoms with van der Waals surface area (Å²) in [5.41, 5.74) is 0.939. The van der Waals surface area contributed by atoms with Crippen LogP contribution in [0, 0.1) is 0 Å². The summed E-state index contributed by atoms with van der Waals surface area (Å²) in [6.07, 6.45) is 0.268. The second kappa shape index (κ2) is 9.38. The van der Waals surface area contributed by atoms with E-state index in [9.17, 15) is 18.0 Å². The van der Waals surface area contributed by atoms with Crippen LogP contribution in [0.3, 0.4) is 0 Å². The van der Waals surface area contributed by atoms with E-state index < -0.39 is 17.6 Å². The molecule has 1 amide bonds. The minimum atomic E-state index is -4.51. The maximum Gasteiger partial charge on any atom is 0.416 e. The van der Waals surface area contributed by atoms with Gasteiger partial charge in [0.15, 0.2) is 5.82 Å². The Morgan fingerprint density at radius 1 is 0.875 bits per heavy atom. The Kier molecular flexibility index (Phi) is 6.39. The molecule has 1 fully saturated rings. The Balaban J connectivity index is 1.48. The smallest absolute Gasteiger partial charge is 0.355 e. The summed E-state index contributed by atoms with van der Waals surface area (Å²) >= 11 is 0. The molecule has 2 heterocycles. The van der Waals surface area contributed by atoms with Crippen LogP contribution in [0.1, 0.15) is 41.6 Å². The number of hydrogen-bond acceptors (Lipinski definition) is 4. The van der Waals surface area contributed by atoms with E-state index in [0.29, 0.717) is 11.4 Å². The number of carbonyl (C=O) groups excluding carboxylic acids is 1. The van der Waals surface area contributed by atoms with Crippen LogP contribution >= 0.6 is 0 Å². The highest BCUT2D eigenvalue weighted by Gasteiger charge is 2.30.